The Hall–Kier alpha value is -6.87. The van der Waals surface area contributed by atoms with Gasteiger partial charge in [-0.2, -0.15) is 0 Å². The van der Waals surface area contributed by atoms with Crippen molar-refractivity contribution >= 4 is 59.0 Å². The molecule has 52 heavy (non-hydrogen) atoms. The minimum Gasteiger partial charge on any atom is -0.309 e. The number of rotatable bonds is 5. The van der Waals surface area contributed by atoms with E-state index in [0.717, 1.165) is 55.9 Å². The molecule has 7 aromatic carbocycles. The molecule has 4 nitrogen and oxygen atoms in total. The molecule has 0 N–H and O–H groups in total. The van der Waals surface area contributed by atoms with Crippen molar-refractivity contribution in [3.8, 4) is 50.7 Å². The summed E-state index contributed by atoms with van der Waals surface area (Å²) in [4.78, 5) is 14.3. The van der Waals surface area contributed by atoms with Crippen LogP contribution in [-0.4, -0.2) is 14.5 Å². The van der Waals surface area contributed by atoms with Crippen LogP contribution in [0.2, 0.25) is 0 Å². The van der Waals surface area contributed by atoms with Crippen molar-refractivity contribution in [3.05, 3.63) is 181 Å². The minimum absolute atomic E-state index is 0.601. The summed E-state index contributed by atoms with van der Waals surface area (Å²) in [6, 6.07) is 58.8. The summed E-state index contributed by atoms with van der Waals surface area (Å²) in [5, 5.41) is 5.01. The van der Waals surface area contributed by atoms with E-state index in [2.05, 4.69) is 119 Å². The Labute approximate surface area is 304 Å². The monoisotopic (exact) mass is 680 g/mol. The second-order valence-electron chi connectivity index (χ2n) is 12.9. The molecule has 3 aromatic heterocycles. The molecule has 0 aliphatic heterocycles. The summed E-state index contributed by atoms with van der Waals surface area (Å²) >= 11 is 1.85. The van der Waals surface area contributed by atoms with Gasteiger partial charge in [0.2, 0.25) is 0 Å². The Morgan fingerprint density at radius 2 is 1.13 bits per heavy atom. The van der Waals surface area contributed by atoms with Crippen molar-refractivity contribution in [3.63, 3.8) is 0 Å². The van der Waals surface area contributed by atoms with E-state index in [0.29, 0.717) is 11.5 Å². The molecule has 0 bridgehead atoms. The Morgan fingerprint density at radius 1 is 0.500 bits per heavy atom. The summed E-state index contributed by atoms with van der Waals surface area (Å²) in [6.45, 7) is 8.03. The predicted molar refractivity (Wildman–Crippen MR) is 217 cm³/mol. The Bertz CT molecular complexity index is 2970. The fraction of sp³-hybridized carbons (Fsp3) is 0. The van der Waals surface area contributed by atoms with Gasteiger partial charge < -0.3 is 4.57 Å². The first-order valence-corrected chi connectivity index (χ1v) is 18.0. The summed E-state index contributed by atoms with van der Waals surface area (Å²) in [5.74, 6) is 0.622. The molecule has 0 aliphatic carbocycles. The third kappa shape index (κ3) is 4.89. The second-order valence-corrected chi connectivity index (χ2v) is 13.9. The van der Waals surface area contributed by atoms with Gasteiger partial charge in [0.1, 0.15) is 0 Å². The lowest BCUT2D eigenvalue weighted by atomic mass is 9.99. The molecule has 0 radical (unpaired) electrons. The first kappa shape index (κ1) is 30.0. The van der Waals surface area contributed by atoms with Crippen LogP contribution in [0.15, 0.2) is 170 Å². The average Bonchev–Trinajstić information content (AvgIpc) is 3.77. The number of benzene rings is 7. The molecule has 0 saturated heterocycles. The zero-order valence-corrected chi connectivity index (χ0v) is 28.7. The van der Waals surface area contributed by atoms with Crippen LogP contribution in [0.5, 0.6) is 0 Å². The van der Waals surface area contributed by atoms with E-state index in [-0.39, 0.29) is 0 Å². The molecule has 10 aromatic rings. The van der Waals surface area contributed by atoms with Crippen LogP contribution in [0, 0.1) is 6.57 Å². The summed E-state index contributed by atoms with van der Waals surface area (Å²) in [6.07, 6.45) is 0. The van der Waals surface area contributed by atoms with Crippen LogP contribution < -0.4 is 0 Å². The van der Waals surface area contributed by atoms with Crippen molar-refractivity contribution in [2.45, 2.75) is 0 Å². The van der Waals surface area contributed by atoms with E-state index in [9.17, 15) is 0 Å². The van der Waals surface area contributed by atoms with Crippen LogP contribution >= 0.6 is 11.3 Å². The third-order valence-corrected chi connectivity index (χ3v) is 11.0. The van der Waals surface area contributed by atoms with Gasteiger partial charge in [-0.3, -0.25) is 0 Å². The van der Waals surface area contributed by atoms with Gasteiger partial charge in [-0.15, -0.1) is 11.3 Å². The predicted octanol–water partition coefficient (Wildman–Crippen LogP) is 13.2. The topological polar surface area (TPSA) is 35.1 Å². The Balaban J connectivity index is 1.29. The molecule has 0 unspecified atom stereocenters. The van der Waals surface area contributed by atoms with Gasteiger partial charge in [0.25, 0.3) is 0 Å². The smallest absolute Gasteiger partial charge is 0.194 e. The molecule has 3 heterocycles. The van der Waals surface area contributed by atoms with Gasteiger partial charge >= 0.3 is 0 Å². The Kier molecular flexibility index (Phi) is 7.02. The average molecular weight is 681 g/mol. The van der Waals surface area contributed by atoms with Crippen molar-refractivity contribution in [1.29, 1.82) is 0 Å². The van der Waals surface area contributed by atoms with Crippen molar-refractivity contribution in [2.24, 2.45) is 0 Å². The zero-order chi connectivity index (χ0) is 34.6. The normalized spacial score (nSPS) is 11.4. The van der Waals surface area contributed by atoms with E-state index in [1.807, 2.05) is 72.0 Å². The van der Waals surface area contributed by atoms with Crippen LogP contribution in [0.3, 0.4) is 0 Å². The van der Waals surface area contributed by atoms with Crippen LogP contribution in [-0.2, 0) is 0 Å². The number of thiophene rings is 1. The highest BCUT2D eigenvalue weighted by Gasteiger charge is 2.20. The van der Waals surface area contributed by atoms with Gasteiger partial charge in [-0.05, 0) is 53.6 Å². The van der Waals surface area contributed by atoms with Gasteiger partial charge in [0.05, 0.1) is 29.0 Å². The largest absolute Gasteiger partial charge is 0.309 e. The molecule has 0 saturated carbocycles. The SMILES string of the molecule is [C-]#[N+]c1ccccc1-c1cc(-c2nc(-c3ccccc3)cc(-c3ccccc3)n2)cc(-n2c3ccccc3c3c4sc5ccccc5c4ccc32)c1. The van der Waals surface area contributed by atoms with E-state index >= 15 is 0 Å². The van der Waals surface area contributed by atoms with Crippen LogP contribution in [0.25, 0.3) is 97.5 Å². The van der Waals surface area contributed by atoms with E-state index in [1.54, 1.807) is 0 Å². The van der Waals surface area contributed by atoms with E-state index in [4.69, 9.17) is 16.5 Å². The molecule has 0 atom stereocenters. The molecule has 0 spiro atoms. The standard InChI is InChI=1S/C47H28N4S/c1-48-39-21-11-8-18-35(39)32-26-33(47-49-40(30-14-4-2-5-15-30)29-41(50-47)31-16-6-3-7-17-31)28-34(27-32)51-42-22-12-9-20-38(42)45-43(51)25-24-37-36-19-10-13-23-44(36)52-46(37)45/h2-29H. The first-order chi connectivity index (χ1) is 25.7. The maximum Gasteiger partial charge on any atom is 0.194 e. The van der Waals surface area contributed by atoms with Gasteiger partial charge in [-0.1, -0.05) is 127 Å². The molecule has 0 aliphatic rings. The minimum atomic E-state index is 0.601. The third-order valence-electron chi connectivity index (χ3n) is 9.82. The maximum atomic E-state index is 8.03. The summed E-state index contributed by atoms with van der Waals surface area (Å²) in [5.41, 5.74) is 10.2. The van der Waals surface area contributed by atoms with E-state index < -0.39 is 0 Å². The molecule has 242 valence electrons. The lowest BCUT2D eigenvalue weighted by molar-refractivity contribution is 1.16. The van der Waals surface area contributed by atoms with Crippen LogP contribution in [0.1, 0.15) is 0 Å². The molecular formula is C47H28N4S. The van der Waals surface area contributed by atoms with Gasteiger partial charge in [-0.25, -0.2) is 14.8 Å². The zero-order valence-electron chi connectivity index (χ0n) is 27.9. The Morgan fingerprint density at radius 3 is 1.88 bits per heavy atom. The van der Waals surface area contributed by atoms with Gasteiger partial charge in [0.15, 0.2) is 11.5 Å². The van der Waals surface area contributed by atoms with Crippen molar-refractivity contribution in [1.82, 2.24) is 14.5 Å². The molecule has 5 heteroatoms. The quantitative estimate of drug-likeness (QED) is 0.170. The molecule has 0 amide bonds. The first-order valence-electron chi connectivity index (χ1n) is 17.2. The number of hydrogen-bond donors (Lipinski definition) is 0. The maximum absolute atomic E-state index is 8.03. The number of nitrogens with zero attached hydrogens (tertiary/aromatic N) is 4. The summed E-state index contributed by atoms with van der Waals surface area (Å²) in [7, 11) is 0. The van der Waals surface area contributed by atoms with Crippen LogP contribution in [0.4, 0.5) is 5.69 Å². The second kappa shape index (κ2) is 12.2. The number of fused-ring (bicyclic) bond motifs is 7. The fourth-order valence-electron chi connectivity index (χ4n) is 7.44. The lowest BCUT2D eigenvalue weighted by Gasteiger charge is -2.15. The summed E-state index contributed by atoms with van der Waals surface area (Å²) < 4.78 is 4.93. The number of hydrogen-bond acceptors (Lipinski definition) is 3. The van der Waals surface area contributed by atoms with Crippen molar-refractivity contribution in [2.75, 3.05) is 0 Å². The van der Waals surface area contributed by atoms with Gasteiger partial charge in [0, 0.05) is 53.3 Å². The number of aromatic nitrogens is 3. The fourth-order valence-corrected chi connectivity index (χ4v) is 8.70. The molecule has 10 rings (SSSR count). The van der Waals surface area contributed by atoms with E-state index in [1.165, 1.54) is 30.9 Å². The highest BCUT2D eigenvalue weighted by Crippen LogP contribution is 2.44. The van der Waals surface area contributed by atoms with Crippen molar-refractivity contribution < 1.29 is 0 Å². The highest BCUT2D eigenvalue weighted by molar-refractivity contribution is 7.26. The molecular weight excluding hydrogens is 653 g/mol. The highest BCUT2D eigenvalue weighted by atomic mass is 32.1. The lowest BCUT2D eigenvalue weighted by Crippen LogP contribution is -1.99. The number of para-hydroxylation sites is 2. The molecule has 0 fully saturated rings.